The number of ether oxygens (including phenoxy) is 1. The zero-order valence-corrected chi connectivity index (χ0v) is 20.3. The highest BCUT2D eigenvalue weighted by atomic mass is 32.2. The molecule has 0 aliphatic heterocycles. The van der Waals surface area contributed by atoms with E-state index in [1.807, 2.05) is 36.4 Å². The lowest BCUT2D eigenvalue weighted by atomic mass is 10.1. The smallest absolute Gasteiger partial charge is 0.247 e. The summed E-state index contributed by atoms with van der Waals surface area (Å²) in [6.07, 6.45) is 0. The van der Waals surface area contributed by atoms with Gasteiger partial charge in [0.1, 0.15) is 23.4 Å². The Bertz CT molecular complexity index is 965. The van der Waals surface area contributed by atoms with E-state index in [1.54, 1.807) is 23.9 Å². The van der Waals surface area contributed by atoms with E-state index in [9.17, 15) is 5.11 Å². The molecule has 172 valence electrons. The van der Waals surface area contributed by atoms with E-state index >= 15 is 0 Å². The van der Waals surface area contributed by atoms with Crippen LogP contribution in [0.5, 0.6) is 11.5 Å². The molecule has 0 amide bonds. The number of thioether (sulfide) groups is 1. The monoisotopic (exact) mass is 455 g/mol. The lowest BCUT2D eigenvalue weighted by molar-refractivity contribution is 0.142. The lowest BCUT2D eigenvalue weighted by Crippen LogP contribution is -2.39. The Morgan fingerprint density at radius 1 is 1.00 bits per heavy atom. The number of para-hydroxylation sites is 1. The van der Waals surface area contributed by atoms with Crippen LogP contribution < -0.4 is 4.74 Å². The summed E-state index contributed by atoms with van der Waals surface area (Å²) in [5.41, 5.74) is 1.61. The summed E-state index contributed by atoms with van der Waals surface area (Å²) in [6, 6.07) is 15.9. The van der Waals surface area contributed by atoms with Gasteiger partial charge in [0.25, 0.3) is 0 Å². The highest BCUT2D eigenvalue weighted by molar-refractivity contribution is 7.99. The molecule has 1 heterocycles. The number of hydrogen-bond acceptors (Lipinski definition) is 7. The third-order valence-electron chi connectivity index (χ3n) is 5.26. The van der Waals surface area contributed by atoms with Gasteiger partial charge in [-0.1, -0.05) is 25.1 Å². The van der Waals surface area contributed by atoms with E-state index in [1.165, 1.54) is 0 Å². The van der Waals surface area contributed by atoms with E-state index in [4.69, 9.17) is 9.15 Å². The van der Waals surface area contributed by atoms with Crippen LogP contribution in [0.4, 0.5) is 0 Å². The number of nitrogens with zero attached hydrogens (tertiary/aromatic N) is 3. The fraction of sp³-hybridized carbons (Fsp3) is 0.440. The number of phenols is 1. The number of aromatic hydroxyl groups is 1. The molecule has 0 saturated carbocycles. The van der Waals surface area contributed by atoms with E-state index < -0.39 is 0 Å². The van der Waals surface area contributed by atoms with Crippen LogP contribution in [0.3, 0.4) is 0 Å². The number of hydrogen-bond donors (Lipinski definition) is 1. The van der Waals surface area contributed by atoms with Crippen molar-refractivity contribution in [1.82, 2.24) is 15.1 Å². The quantitative estimate of drug-likeness (QED) is 0.393. The fourth-order valence-electron chi connectivity index (χ4n) is 3.70. The van der Waals surface area contributed by atoms with Crippen LogP contribution in [-0.2, 0) is 0 Å². The normalized spacial score (nSPS) is 12.6. The van der Waals surface area contributed by atoms with E-state index in [0.29, 0.717) is 30.5 Å². The third kappa shape index (κ3) is 6.04. The summed E-state index contributed by atoms with van der Waals surface area (Å²) in [4.78, 5) is 2.41. The first-order valence-electron chi connectivity index (χ1n) is 11.1. The molecule has 1 atom stereocenters. The van der Waals surface area contributed by atoms with E-state index in [2.05, 4.69) is 49.7 Å². The molecular weight excluding hydrogens is 422 g/mol. The zero-order valence-electron chi connectivity index (χ0n) is 19.5. The summed E-state index contributed by atoms with van der Waals surface area (Å²) in [7, 11) is 0. The SMILES string of the molecule is CCSC(c1nnc(-c2ccc(OCCN(C(C)C)C(C)C)cc2)o1)c1ccccc1O. The van der Waals surface area contributed by atoms with Gasteiger partial charge in [-0.3, -0.25) is 4.90 Å². The number of phenolic OH excluding ortho intramolecular Hbond substituents is 1. The minimum atomic E-state index is -0.213. The van der Waals surface area contributed by atoms with E-state index in [-0.39, 0.29) is 11.0 Å². The highest BCUT2D eigenvalue weighted by Gasteiger charge is 2.24. The summed E-state index contributed by atoms with van der Waals surface area (Å²) >= 11 is 1.64. The molecule has 0 spiro atoms. The van der Waals surface area contributed by atoms with Gasteiger partial charge in [0, 0.05) is 29.8 Å². The van der Waals surface area contributed by atoms with Crippen LogP contribution in [0.1, 0.15) is 51.3 Å². The Labute approximate surface area is 195 Å². The molecular formula is C25H33N3O3S. The van der Waals surface area contributed by atoms with Gasteiger partial charge < -0.3 is 14.3 Å². The van der Waals surface area contributed by atoms with Crippen molar-refractivity contribution in [1.29, 1.82) is 0 Å². The largest absolute Gasteiger partial charge is 0.508 e. The van der Waals surface area contributed by atoms with Crippen LogP contribution >= 0.6 is 11.8 Å². The molecule has 6 nitrogen and oxygen atoms in total. The maximum atomic E-state index is 10.3. The standard InChI is InChI=1S/C25H33N3O3S/c1-6-32-23(21-9-7-8-10-22(21)29)25-27-26-24(31-25)19-11-13-20(14-12-19)30-16-15-28(17(2)3)18(4)5/h7-14,17-18,23,29H,6,15-16H2,1-5H3. The Hall–Kier alpha value is -2.51. The van der Waals surface area contributed by atoms with Gasteiger partial charge in [0.2, 0.25) is 11.8 Å². The van der Waals surface area contributed by atoms with Gasteiger partial charge in [-0.05, 0) is 63.8 Å². The zero-order chi connectivity index (χ0) is 23.1. The Balaban J connectivity index is 1.67. The van der Waals surface area contributed by atoms with Gasteiger partial charge in [-0.2, -0.15) is 0 Å². The maximum absolute atomic E-state index is 10.3. The second-order valence-electron chi connectivity index (χ2n) is 8.14. The van der Waals surface area contributed by atoms with Crippen molar-refractivity contribution in [2.24, 2.45) is 0 Å². The lowest BCUT2D eigenvalue weighted by Gasteiger charge is -2.30. The van der Waals surface area contributed by atoms with Gasteiger partial charge in [-0.15, -0.1) is 22.0 Å². The van der Waals surface area contributed by atoms with Crippen molar-refractivity contribution >= 4 is 11.8 Å². The number of benzene rings is 2. The summed E-state index contributed by atoms with van der Waals surface area (Å²) < 4.78 is 11.9. The predicted octanol–water partition coefficient (Wildman–Crippen LogP) is 5.78. The topological polar surface area (TPSA) is 71.6 Å². The van der Waals surface area contributed by atoms with Gasteiger partial charge >= 0.3 is 0 Å². The highest BCUT2D eigenvalue weighted by Crippen LogP contribution is 2.39. The van der Waals surface area contributed by atoms with Crippen molar-refractivity contribution in [3.63, 3.8) is 0 Å². The first-order chi connectivity index (χ1) is 15.4. The van der Waals surface area contributed by atoms with Gasteiger partial charge in [-0.25, -0.2) is 0 Å². The Morgan fingerprint density at radius 2 is 1.69 bits per heavy atom. The summed E-state index contributed by atoms with van der Waals surface area (Å²) in [6.45, 7) is 12.4. The maximum Gasteiger partial charge on any atom is 0.247 e. The molecule has 32 heavy (non-hydrogen) atoms. The molecule has 1 unspecified atom stereocenters. The van der Waals surface area contributed by atoms with Crippen molar-refractivity contribution in [2.45, 2.75) is 52.0 Å². The molecule has 0 aliphatic rings. The molecule has 0 saturated heterocycles. The molecule has 0 bridgehead atoms. The molecule has 7 heteroatoms. The first-order valence-corrected chi connectivity index (χ1v) is 12.2. The molecule has 3 rings (SSSR count). The second-order valence-corrected chi connectivity index (χ2v) is 9.52. The van der Waals surface area contributed by atoms with Crippen LogP contribution in [0.25, 0.3) is 11.5 Å². The van der Waals surface area contributed by atoms with Crippen molar-refractivity contribution < 1.29 is 14.3 Å². The third-order valence-corrected chi connectivity index (χ3v) is 6.39. The molecule has 2 aromatic carbocycles. The molecule has 1 N–H and O–H groups in total. The minimum absolute atomic E-state index is 0.213. The average molecular weight is 456 g/mol. The van der Waals surface area contributed by atoms with Crippen molar-refractivity contribution in [3.8, 4) is 23.0 Å². The molecule has 0 fully saturated rings. The Morgan fingerprint density at radius 3 is 2.31 bits per heavy atom. The molecule has 3 aromatic rings. The Kier molecular flexibility index (Phi) is 8.59. The van der Waals surface area contributed by atoms with Crippen molar-refractivity contribution in [3.05, 3.63) is 60.0 Å². The molecule has 0 radical (unpaired) electrons. The average Bonchev–Trinajstić information content (AvgIpc) is 3.25. The van der Waals surface area contributed by atoms with E-state index in [0.717, 1.165) is 29.2 Å². The van der Waals surface area contributed by atoms with Crippen LogP contribution in [0.15, 0.2) is 52.9 Å². The van der Waals surface area contributed by atoms with Crippen LogP contribution in [0, 0.1) is 0 Å². The van der Waals surface area contributed by atoms with Gasteiger partial charge in [0.15, 0.2) is 0 Å². The number of aromatic nitrogens is 2. The fourth-order valence-corrected chi connectivity index (χ4v) is 4.65. The molecule has 0 aliphatic carbocycles. The molecule has 1 aromatic heterocycles. The minimum Gasteiger partial charge on any atom is -0.508 e. The first kappa shape index (κ1) is 24.1. The van der Waals surface area contributed by atoms with Crippen LogP contribution in [-0.4, -0.2) is 51.2 Å². The summed E-state index contributed by atoms with van der Waals surface area (Å²) in [5, 5.41) is 18.6. The number of rotatable bonds is 11. The van der Waals surface area contributed by atoms with Crippen molar-refractivity contribution in [2.75, 3.05) is 18.9 Å². The predicted molar refractivity (Wildman–Crippen MR) is 130 cm³/mol. The second kappa shape index (κ2) is 11.4. The summed E-state index contributed by atoms with van der Waals surface area (Å²) in [5.74, 6) is 2.83. The van der Waals surface area contributed by atoms with Crippen LogP contribution in [0.2, 0.25) is 0 Å². The van der Waals surface area contributed by atoms with Gasteiger partial charge in [0.05, 0.1) is 0 Å².